The first-order valence-electron chi connectivity index (χ1n) is 5.09. The highest BCUT2D eigenvalue weighted by molar-refractivity contribution is 5.95. The van der Waals surface area contributed by atoms with E-state index >= 15 is 0 Å². The third kappa shape index (κ3) is 1.87. The van der Waals surface area contributed by atoms with E-state index in [-0.39, 0.29) is 11.3 Å². The van der Waals surface area contributed by atoms with Gasteiger partial charge in [0.15, 0.2) is 0 Å². The van der Waals surface area contributed by atoms with Crippen LogP contribution in [0.4, 0.5) is 0 Å². The fourth-order valence-electron chi connectivity index (χ4n) is 1.80. The second-order valence-electron chi connectivity index (χ2n) is 3.82. The summed E-state index contributed by atoms with van der Waals surface area (Å²) in [7, 11) is 0. The monoisotopic (exact) mass is 232 g/mol. The number of hydrogen-bond acceptors (Lipinski definition) is 3. The maximum Gasteiger partial charge on any atom is 0.341 e. The van der Waals surface area contributed by atoms with Crippen LogP contribution in [0.25, 0.3) is 5.69 Å². The van der Waals surface area contributed by atoms with Crippen LogP contribution in [-0.4, -0.2) is 26.0 Å². The molecule has 5 heteroatoms. The molecule has 2 aromatic rings. The molecule has 0 unspecified atom stereocenters. The highest BCUT2D eigenvalue weighted by atomic mass is 16.4. The van der Waals surface area contributed by atoms with Gasteiger partial charge in [-0.05, 0) is 32.0 Å². The van der Waals surface area contributed by atoms with Crippen molar-refractivity contribution >= 4 is 5.97 Å². The summed E-state index contributed by atoms with van der Waals surface area (Å²) >= 11 is 0. The van der Waals surface area contributed by atoms with Gasteiger partial charge in [-0.2, -0.15) is 5.10 Å². The quantitative estimate of drug-likeness (QED) is 0.829. The van der Waals surface area contributed by atoms with Crippen LogP contribution in [0, 0.1) is 13.8 Å². The lowest BCUT2D eigenvalue weighted by Crippen LogP contribution is -2.08. The topological polar surface area (TPSA) is 75.4 Å². The van der Waals surface area contributed by atoms with Crippen LogP contribution < -0.4 is 0 Å². The van der Waals surface area contributed by atoms with Crippen molar-refractivity contribution in [2.45, 2.75) is 13.8 Å². The molecule has 0 saturated heterocycles. The van der Waals surface area contributed by atoms with Gasteiger partial charge in [0.2, 0.25) is 0 Å². The molecule has 1 aromatic heterocycles. The largest absolute Gasteiger partial charge is 0.507 e. The van der Waals surface area contributed by atoms with Crippen molar-refractivity contribution in [3.63, 3.8) is 0 Å². The Kier molecular flexibility index (Phi) is 2.59. The minimum atomic E-state index is -1.18. The first-order valence-corrected chi connectivity index (χ1v) is 5.09. The Morgan fingerprint density at radius 1 is 1.35 bits per heavy atom. The number of hydrogen-bond donors (Lipinski definition) is 2. The fraction of sp³-hybridized carbons (Fsp3) is 0.167. The number of carboxylic acids is 1. The van der Waals surface area contributed by atoms with Crippen LogP contribution in [0.15, 0.2) is 24.3 Å². The summed E-state index contributed by atoms with van der Waals surface area (Å²) in [6.07, 6.45) is 0. The van der Waals surface area contributed by atoms with E-state index in [1.165, 1.54) is 10.7 Å². The highest BCUT2D eigenvalue weighted by Crippen LogP contribution is 2.25. The summed E-state index contributed by atoms with van der Waals surface area (Å²) < 4.78 is 1.51. The molecule has 88 valence electrons. The zero-order valence-electron chi connectivity index (χ0n) is 9.51. The lowest BCUT2D eigenvalue weighted by Gasteiger charge is -2.09. The number of carbonyl (C=O) groups is 1. The number of carboxylic acid groups (broad SMARTS) is 1. The number of aromatic hydroxyl groups is 1. The summed E-state index contributed by atoms with van der Waals surface area (Å²) in [6.45, 7) is 3.66. The zero-order chi connectivity index (χ0) is 12.6. The van der Waals surface area contributed by atoms with Crippen LogP contribution >= 0.6 is 0 Å². The molecule has 0 amide bonds. The Labute approximate surface area is 97.9 Å². The Hall–Kier alpha value is -2.30. The predicted octanol–water partition coefficient (Wildman–Crippen LogP) is 1.89. The number of phenols is 1. The van der Waals surface area contributed by atoms with E-state index in [4.69, 9.17) is 5.11 Å². The average Bonchev–Trinajstić information content (AvgIpc) is 2.56. The lowest BCUT2D eigenvalue weighted by atomic mass is 10.1. The summed E-state index contributed by atoms with van der Waals surface area (Å²) in [5, 5.41) is 22.9. The molecule has 0 saturated carbocycles. The average molecular weight is 232 g/mol. The van der Waals surface area contributed by atoms with Gasteiger partial charge >= 0.3 is 5.97 Å². The molecular formula is C12H12N2O3. The molecule has 2 N–H and O–H groups in total. The van der Waals surface area contributed by atoms with Crippen LogP contribution in [0.2, 0.25) is 0 Å². The molecule has 0 aliphatic heterocycles. The standard InChI is InChI=1S/C12H12N2O3/c1-7-6-8(2)14(13-7)9-4-3-5-10(15)11(9)12(16)17/h3-6,15H,1-2H3,(H,16,17). The van der Waals surface area contributed by atoms with Gasteiger partial charge in [0.1, 0.15) is 11.3 Å². The second kappa shape index (κ2) is 3.93. The molecule has 1 aromatic carbocycles. The van der Waals surface area contributed by atoms with Gasteiger partial charge in [0.05, 0.1) is 11.4 Å². The van der Waals surface area contributed by atoms with Gasteiger partial charge in [0.25, 0.3) is 0 Å². The SMILES string of the molecule is Cc1cc(C)n(-c2cccc(O)c2C(=O)O)n1. The first kappa shape index (κ1) is 11.2. The molecule has 0 atom stereocenters. The van der Waals surface area contributed by atoms with E-state index in [1.54, 1.807) is 12.1 Å². The number of aryl methyl sites for hydroxylation is 2. The van der Waals surface area contributed by atoms with Crippen molar-refractivity contribution in [1.82, 2.24) is 9.78 Å². The normalized spacial score (nSPS) is 10.5. The fourth-order valence-corrected chi connectivity index (χ4v) is 1.80. The number of rotatable bonds is 2. The first-order chi connectivity index (χ1) is 8.00. The maximum absolute atomic E-state index is 11.1. The highest BCUT2D eigenvalue weighted by Gasteiger charge is 2.18. The van der Waals surface area contributed by atoms with Crippen LogP contribution in [0.5, 0.6) is 5.75 Å². The number of aromatic carboxylic acids is 1. The Morgan fingerprint density at radius 2 is 2.06 bits per heavy atom. The summed E-state index contributed by atoms with van der Waals surface area (Å²) in [5.41, 5.74) is 1.83. The van der Waals surface area contributed by atoms with Gasteiger partial charge in [-0.25, -0.2) is 9.48 Å². The predicted molar refractivity (Wildman–Crippen MR) is 61.7 cm³/mol. The number of aromatic nitrogens is 2. The zero-order valence-corrected chi connectivity index (χ0v) is 9.51. The van der Waals surface area contributed by atoms with Crippen LogP contribution in [0.3, 0.4) is 0 Å². The van der Waals surface area contributed by atoms with Gasteiger partial charge in [-0.15, -0.1) is 0 Å². The molecule has 0 radical (unpaired) electrons. The van der Waals surface area contributed by atoms with Gasteiger partial charge < -0.3 is 10.2 Å². The van der Waals surface area contributed by atoms with Gasteiger partial charge in [-0.3, -0.25) is 0 Å². The molecular weight excluding hydrogens is 220 g/mol. The molecule has 0 aliphatic rings. The Bertz CT molecular complexity index is 587. The summed E-state index contributed by atoms with van der Waals surface area (Å²) in [4.78, 5) is 11.1. The molecule has 0 aliphatic carbocycles. The minimum absolute atomic E-state index is 0.140. The number of benzene rings is 1. The molecule has 17 heavy (non-hydrogen) atoms. The van der Waals surface area contributed by atoms with E-state index in [9.17, 15) is 9.90 Å². The van der Waals surface area contributed by atoms with E-state index in [1.807, 2.05) is 19.9 Å². The van der Waals surface area contributed by atoms with Gasteiger partial charge in [-0.1, -0.05) is 6.07 Å². The third-order valence-electron chi connectivity index (χ3n) is 2.47. The molecule has 1 heterocycles. The van der Waals surface area contributed by atoms with Crippen LogP contribution in [-0.2, 0) is 0 Å². The van der Waals surface area contributed by atoms with Crippen molar-refractivity contribution in [3.8, 4) is 11.4 Å². The van der Waals surface area contributed by atoms with E-state index in [0.717, 1.165) is 11.4 Å². The maximum atomic E-state index is 11.1. The van der Waals surface area contributed by atoms with Crippen molar-refractivity contribution < 1.29 is 15.0 Å². The van der Waals surface area contributed by atoms with Gasteiger partial charge in [0, 0.05) is 5.69 Å². The molecule has 0 spiro atoms. The smallest absolute Gasteiger partial charge is 0.341 e. The third-order valence-corrected chi connectivity index (χ3v) is 2.47. The second-order valence-corrected chi connectivity index (χ2v) is 3.82. The lowest BCUT2D eigenvalue weighted by molar-refractivity contribution is 0.0693. The molecule has 5 nitrogen and oxygen atoms in total. The van der Waals surface area contributed by atoms with E-state index in [0.29, 0.717) is 5.69 Å². The van der Waals surface area contributed by atoms with Crippen molar-refractivity contribution in [2.75, 3.05) is 0 Å². The van der Waals surface area contributed by atoms with Crippen molar-refractivity contribution in [1.29, 1.82) is 0 Å². The molecule has 0 fully saturated rings. The molecule has 2 rings (SSSR count). The summed E-state index contributed by atoms with van der Waals surface area (Å²) in [5.74, 6) is -1.44. The number of nitrogens with zero attached hydrogens (tertiary/aromatic N) is 2. The minimum Gasteiger partial charge on any atom is -0.507 e. The summed E-state index contributed by atoms with van der Waals surface area (Å²) in [6, 6.07) is 6.39. The molecule has 0 bridgehead atoms. The van der Waals surface area contributed by atoms with Crippen molar-refractivity contribution in [3.05, 3.63) is 41.2 Å². The Morgan fingerprint density at radius 3 is 2.59 bits per heavy atom. The Balaban J connectivity index is 2.71. The van der Waals surface area contributed by atoms with Crippen LogP contribution in [0.1, 0.15) is 21.7 Å². The van der Waals surface area contributed by atoms with E-state index < -0.39 is 5.97 Å². The van der Waals surface area contributed by atoms with Crippen molar-refractivity contribution in [2.24, 2.45) is 0 Å². The van der Waals surface area contributed by atoms with E-state index in [2.05, 4.69) is 5.10 Å².